The zero-order chi connectivity index (χ0) is 19.3. The molecule has 1 unspecified atom stereocenters. The highest BCUT2D eigenvalue weighted by Gasteiger charge is 2.04. The van der Waals surface area contributed by atoms with Crippen LogP contribution in [0.1, 0.15) is 130 Å². The quantitative estimate of drug-likeness (QED) is 0.183. The van der Waals surface area contributed by atoms with Crippen molar-refractivity contribution in [3.05, 3.63) is 0 Å². The Bertz CT molecular complexity index is 294. The van der Waals surface area contributed by atoms with Gasteiger partial charge < -0.3 is 10.1 Å². The van der Waals surface area contributed by atoms with E-state index in [1.54, 1.807) is 0 Å². The average molecular weight is 370 g/mol. The molecule has 0 bridgehead atoms. The summed E-state index contributed by atoms with van der Waals surface area (Å²) in [5, 5.41) is 2.82. The van der Waals surface area contributed by atoms with E-state index >= 15 is 0 Å². The zero-order valence-electron chi connectivity index (χ0n) is 18.1. The number of nitrogens with one attached hydrogen (secondary N) is 1. The molecular formula is C23H47NO2. The first-order chi connectivity index (χ1) is 12.7. The summed E-state index contributed by atoms with van der Waals surface area (Å²) >= 11 is 0. The minimum Gasteiger partial charge on any atom is -0.359 e. The molecule has 1 N–H and O–H groups in total. The van der Waals surface area contributed by atoms with E-state index < -0.39 is 0 Å². The number of amides is 1. The topological polar surface area (TPSA) is 38.3 Å². The van der Waals surface area contributed by atoms with Gasteiger partial charge in [0.1, 0.15) is 6.23 Å². The van der Waals surface area contributed by atoms with Crippen molar-refractivity contribution in [1.29, 1.82) is 0 Å². The molecule has 0 radical (unpaired) electrons. The maximum atomic E-state index is 11.2. The third-order valence-electron chi connectivity index (χ3n) is 5.05. The normalized spacial score (nSPS) is 12.3. The predicted octanol–water partition coefficient (Wildman–Crippen LogP) is 7.14. The zero-order valence-corrected chi connectivity index (χ0v) is 18.1. The smallest absolute Gasteiger partial charge is 0.221 e. The largest absolute Gasteiger partial charge is 0.359 e. The highest BCUT2D eigenvalue weighted by atomic mass is 16.5. The van der Waals surface area contributed by atoms with E-state index in [2.05, 4.69) is 12.2 Å². The molecule has 0 heterocycles. The Labute approximate surface area is 164 Å². The second kappa shape index (κ2) is 20.7. The third-order valence-corrected chi connectivity index (χ3v) is 5.05. The Balaban J connectivity index is 3.10. The van der Waals surface area contributed by atoms with Gasteiger partial charge in [-0.1, -0.05) is 110 Å². The van der Waals surface area contributed by atoms with Crippen molar-refractivity contribution in [2.75, 3.05) is 6.61 Å². The van der Waals surface area contributed by atoms with Gasteiger partial charge in [0, 0.05) is 13.0 Å². The monoisotopic (exact) mass is 369 g/mol. The van der Waals surface area contributed by atoms with Gasteiger partial charge in [-0.2, -0.15) is 0 Å². The molecule has 0 aliphatic carbocycles. The van der Waals surface area contributed by atoms with Gasteiger partial charge in [-0.15, -0.1) is 0 Å². The number of rotatable bonds is 20. The lowest BCUT2D eigenvalue weighted by Crippen LogP contribution is -2.34. The van der Waals surface area contributed by atoms with Crippen LogP contribution in [-0.2, 0) is 9.53 Å². The molecule has 0 spiro atoms. The number of ether oxygens (including phenoxy) is 1. The van der Waals surface area contributed by atoms with E-state index in [0.717, 1.165) is 13.0 Å². The standard InChI is InChI=1S/C23H47NO2/c1-4-6-7-8-9-10-11-12-13-14-15-16-17-18-19-20-21-26-22(3)24-23(25)5-2/h22H,4-21H2,1-3H3,(H,24,25). The number of carbonyl (C=O) groups excluding carboxylic acids is 1. The molecule has 0 fully saturated rings. The van der Waals surface area contributed by atoms with Gasteiger partial charge in [-0.3, -0.25) is 4.79 Å². The van der Waals surface area contributed by atoms with Crippen molar-refractivity contribution >= 4 is 5.91 Å². The maximum absolute atomic E-state index is 11.2. The Morgan fingerprint density at radius 1 is 0.692 bits per heavy atom. The van der Waals surface area contributed by atoms with E-state index in [1.807, 2.05) is 13.8 Å². The van der Waals surface area contributed by atoms with Gasteiger partial charge in [-0.05, 0) is 13.3 Å². The fourth-order valence-electron chi connectivity index (χ4n) is 3.28. The fraction of sp³-hybridized carbons (Fsp3) is 0.957. The Morgan fingerprint density at radius 3 is 1.46 bits per heavy atom. The summed E-state index contributed by atoms with van der Waals surface area (Å²) in [6.45, 7) is 6.80. The molecule has 0 saturated carbocycles. The first kappa shape index (κ1) is 25.4. The molecule has 0 aromatic rings. The van der Waals surface area contributed by atoms with Crippen LogP contribution >= 0.6 is 0 Å². The van der Waals surface area contributed by atoms with Gasteiger partial charge in [0.25, 0.3) is 0 Å². The van der Waals surface area contributed by atoms with Gasteiger partial charge in [-0.25, -0.2) is 0 Å². The molecule has 156 valence electrons. The summed E-state index contributed by atoms with van der Waals surface area (Å²) in [5.41, 5.74) is 0. The fourth-order valence-corrected chi connectivity index (χ4v) is 3.28. The molecule has 0 aliphatic heterocycles. The van der Waals surface area contributed by atoms with Crippen LogP contribution in [0.4, 0.5) is 0 Å². The first-order valence-corrected chi connectivity index (χ1v) is 11.6. The minimum absolute atomic E-state index is 0.0597. The van der Waals surface area contributed by atoms with Gasteiger partial charge in [0.2, 0.25) is 5.91 Å². The lowest BCUT2D eigenvalue weighted by molar-refractivity contribution is -0.124. The van der Waals surface area contributed by atoms with Crippen LogP contribution in [0.5, 0.6) is 0 Å². The van der Waals surface area contributed by atoms with Crippen molar-refractivity contribution < 1.29 is 9.53 Å². The molecule has 3 nitrogen and oxygen atoms in total. The lowest BCUT2D eigenvalue weighted by Gasteiger charge is -2.14. The van der Waals surface area contributed by atoms with Crippen LogP contribution in [0, 0.1) is 0 Å². The summed E-state index contributed by atoms with van der Waals surface area (Å²) in [5.74, 6) is 0.0597. The van der Waals surface area contributed by atoms with Crippen LogP contribution in [0.25, 0.3) is 0 Å². The molecular weight excluding hydrogens is 322 g/mol. The second-order valence-corrected chi connectivity index (χ2v) is 7.74. The van der Waals surface area contributed by atoms with Crippen LogP contribution in [0.15, 0.2) is 0 Å². The maximum Gasteiger partial charge on any atom is 0.221 e. The summed E-state index contributed by atoms with van der Waals surface area (Å²) in [6, 6.07) is 0. The average Bonchev–Trinajstić information content (AvgIpc) is 2.64. The van der Waals surface area contributed by atoms with Gasteiger partial charge >= 0.3 is 0 Å². The number of carbonyl (C=O) groups is 1. The molecule has 1 atom stereocenters. The van der Waals surface area contributed by atoms with Crippen LogP contribution in [0.3, 0.4) is 0 Å². The minimum atomic E-state index is -0.154. The molecule has 0 aromatic carbocycles. The summed E-state index contributed by atoms with van der Waals surface area (Å²) in [4.78, 5) is 11.2. The SMILES string of the molecule is CCCCCCCCCCCCCCCCCCOC(C)NC(=O)CC. The number of hydrogen-bond acceptors (Lipinski definition) is 2. The molecule has 0 rings (SSSR count). The first-order valence-electron chi connectivity index (χ1n) is 11.6. The second-order valence-electron chi connectivity index (χ2n) is 7.74. The van der Waals surface area contributed by atoms with E-state index in [9.17, 15) is 4.79 Å². The Morgan fingerprint density at radius 2 is 1.08 bits per heavy atom. The van der Waals surface area contributed by atoms with Crippen LogP contribution in [0.2, 0.25) is 0 Å². The third kappa shape index (κ3) is 19.8. The van der Waals surface area contributed by atoms with Crippen molar-refractivity contribution in [2.24, 2.45) is 0 Å². The van der Waals surface area contributed by atoms with E-state index in [0.29, 0.717) is 6.42 Å². The Hall–Kier alpha value is -0.570. The van der Waals surface area contributed by atoms with Crippen molar-refractivity contribution in [3.8, 4) is 0 Å². The van der Waals surface area contributed by atoms with E-state index in [4.69, 9.17) is 4.74 Å². The molecule has 0 aliphatic rings. The summed E-state index contributed by atoms with van der Waals surface area (Å²) < 4.78 is 5.60. The molecule has 0 saturated heterocycles. The summed E-state index contributed by atoms with van der Waals surface area (Å²) in [6.07, 6.45) is 22.5. The number of hydrogen-bond donors (Lipinski definition) is 1. The molecule has 0 aromatic heterocycles. The van der Waals surface area contributed by atoms with E-state index in [-0.39, 0.29) is 12.1 Å². The lowest BCUT2D eigenvalue weighted by atomic mass is 10.0. The van der Waals surface area contributed by atoms with Crippen molar-refractivity contribution in [2.45, 2.75) is 136 Å². The predicted molar refractivity (Wildman–Crippen MR) is 113 cm³/mol. The van der Waals surface area contributed by atoms with Crippen molar-refractivity contribution in [3.63, 3.8) is 0 Å². The molecule has 26 heavy (non-hydrogen) atoms. The summed E-state index contributed by atoms with van der Waals surface area (Å²) in [7, 11) is 0. The van der Waals surface area contributed by atoms with Gasteiger partial charge in [0.05, 0.1) is 0 Å². The Kier molecular flexibility index (Phi) is 20.3. The number of unbranched alkanes of at least 4 members (excludes halogenated alkanes) is 15. The van der Waals surface area contributed by atoms with Crippen LogP contribution in [-0.4, -0.2) is 18.7 Å². The van der Waals surface area contributed by atoms with E-state index in [1.165, 1.54) is 96.3 Å². The van der Waals surface area contributed by atoms with Crippen molar-refractivity contribution in [1.82, 2.24) is 5.32 Å². The highest BCUT2D eigenvalue weighted by Crippen LogP contribution is 2.13. The van der Waals surface area contributed by atoms with Crippen LogP contribution < -0.4 is 5.32 Å². The van der Waals surface area contributed by atoms with Gasteiger partial charge in [0.15, 0.2) is 0 Å². The highest BCUT2D eigenvalue weighted by molar-refractivity contribution is 5.75. The molecule has 3 heteroatoms. The molecule has 1 amide bonds.